The third-order valence-electron chi connectivity index (χ3n) is 7.66. The maximum absolute atomic E-state index is 12.8. The molecule has 1 aliphatic rings. The Balaban J connectivity index is 1.17. The highest BCUT2D eigenvalue weighted by molar-refractivity contribution is 5.92. The van der Waals surface area contributed by atoms with Gasteiger partial charge in [0.2, 0.25) is 0 Å². The predicted molar refractivity (Wildman–Crippen MR) is 180 cm³/mol. The standard InChI is InChI=1S/C38H44O11/c1-5-7-34(46-26-38(6-2)24-43-25-38)47-31-14-10-29(11-15-31)37(41)49-33-18-16-32(17-19-33)48-36(40)28-8-12-30(13-9-28)44-22-20-42-21-23-45-35(39)27(3)4/h8-19,34H,3,5-7,20-26H2,1-2,4H3. The summed E-state index contributed by atoms with van der Waals surface area (Å²) >= 11 is 0. The molecule has 0 saturated carbocycles. The summed E-state index contributed by atoms with van der Waals surface area (Å²) in [6.45, 7) is 12.2. The molecular weight excluding hydrogens is 632 g/mol. The number of carbonyl (C=O) groups is 3. The van der Waals surface area contributed by atoms with Gasteiger partial charge >= 0.3 is 17.9 Å². The van der Waals surface area contributed by atoms with Gasteiger partial charge in [0.1, 0.15) is 36.2 Å². The molecule has 49 heavy (non-hydrogen) atoms. The van der Waals surface area contributed by atoms with E-state index < -0.39 is 17.9 Å². The van der Waals surface area contributed by atoms with Crippen molar-refractivity contribution in [2.75, 3.05) is 46.2 Å². The Labute approximate surface area is 287 Å². The zero-order valence-corrected chi connectivity index (χ0v) is 28.3. The Morgan fingerprint density at radius 2 is 1.29 bits per heavy atom. The molecular formula is C38H44O11. The number of benzene rings is 3. The molecule has 0 amide bonds. The lowest BCUT2D eigenvalue weighted by Gasteiger charge is -2.41. The smallest absolute Gasteiger partial charge is 0.343 e. The Morgan fingerprint density at radius 1 is 0.755 bits per heavy atom. The molecule has 1 unspecified atom stereocenters. The lowest BCUT2D eigenvalue weighted by molar-refractivity contribution is -0.187. The summed E-state index contributed by atoms with van der Waals surface area (Å²) < 4.78 is 44.4. The second kappa shape index (κ2) is 18.7. The largest absolute Gasteiger partial charge is 0.491 e. The van der Waals surface area contributed by atoms with Gasteiger partial charge in [0, 0.05) is 17.4 Å². The van der Waals surface area contributed by atoms with Crippen LogP contribution in [0.4, 0.5) is 0 Å². The highest BCUT2D eigenvalue weighted by atomic mass is 16.7. The van der Waals surface area contributed by atoms with Crippen molar-refractivity contribution in [3.63, 3.8) is 0 Å². The fraction of sp³-hybridized carbons (Fsp3) is 0.395. The third-order valence-corrected chi connectivity index (χ3v) is 7.66. The number of carbonyl (C=O) groups excluding carboxylic acids is 3. The first-order valence-corrected chi connectivity index (χ1v) is 16.3. The van der Waals surface area contributed by atoms with Gasteiger partial charge in [-0.2, -0.15) is 0 Å². The van der Waals surface area contributed by atoms with Crippen LogP contribution in [0.3, 0.4) is 0 Å². The van der Waals surface area contributed by atoms with Gasteiger partial charge in [-0.15, -0.1) is 0 Å². The average molecular weight is 677 g/mol. The van der Waals surface area contributed by atoms with Crippen LogP contribution in [0.15, 0.2) is 84.9 Å². The van der Waals surface area contributed by atoms with E-state index in [1.807, 2.05) is 0 Å². The van der Waals surface area contributed by atoms with Crippen LogP contribution in [-0.4, -0.2) is 70.4 Å². The quantitative estimate of drug-likeness (QED) is 0.0423. The van der Waals surface area contributed by atoms with E-state index in [0.29, 0.717) is 60.4 Å². The van der Waals surface area contributed by atoms with Crippen LogP contribution < -0.4 is 18.9 Å². The normalized spacial score (nSPS) is 13.8. The van der Waals surface area contributed by atoms with Crippen LogP contribution in [0.2, 0.25) is 0 Å². The van der Waals surface area contributed by atoms with Crippen molar-refractivity contribution in [3.8, 4) is 23.0 Å². The Kier molecular flexibility index (Phi) is 14.2. The third kappa shape index (κ3) is 11.7. The lowest BCUT2D eigenvalue weighted by atomic mass is 9.84. The molecule has 0 aliphatic carbocycles. The van der Waals surface area contributed by atoms with Gasteiger partial charge in [0.25, 0.3) is 0 Å². The molecule has 0 radical (unpaired) electrons. The van der Waals surface area contributed by atoms with E-state index in [1.54, 1.807) is 79.7 Å². The first kappa shape index (κ1) is 37.1. The molecule has 1 atom stereocenters. The van der Waals surface area contributed by atoms with E-state index in [2.05, 4.69) is 20.4 Å². The van der Waals surface area contributed by atoms with E-state index in [9.17, 15) is 14.4 Å². The van der Waals surface area contributed by atoms with Crippen LogP contribution in [0, 0.1) is 5.41 Å². The van der Waals surface area contributed by atoms with Crippen molar-refractivity contribution in [3.05, 3.63) is 96.1 Å². The van der Waals surface area contributed by atoms with E-state index in [4.69, 9.17) is 37.9 Å². The molecule has 1 aliphatic heterocycles. The van der Waals surface area contributed by atoms with E-state index in [0.717, 1.165) is 19.3 Å². The number of hydrogen-bond acceptors (Lipinski definition) is 11. The van der Waals surface area contributed by atoms with Crippen molar-refractivity contribution in [1.82, 2.24) is 0 Å². The highest BCUT2D eigenvalue weighted by Crippen LogP contribution is 2.32. The minimum absolute atomic E-state index is 0.0661. The average Bonchev–Trinajstić information content (AvgIpc) is 3.08. The first-order valence-electron chi connectivity index (χ1n) is 16.3. The second-order valence-electron chi connectivity index (χ2n) is 11.7. The Bertz CT molecular complexity index is 1510. The Hall–Kier alpha value is -4.71. The van der Waals surface area contributed by atoms with Gasteiger partial charge in [0.05, 0.1) is 44.2 Å². The van der Waals surface area contributed by atoms with Crippen molar-refractivity contribution in [2.24, 2.45) is 5.41 Å². The summed E-state index contributed by atoms with van der Waals surface area (Å²) in [5.41, 5.74) is 1.08. The van der Waals surface area contributed by atoms with Crippen molar-refractivity contribution >= 4 is 17.9 Å². The maximum atomic E-state index is 12.8. The summed E-state index contributed by atoms with van der Waals surface area (Å²) in [6, 6.07) is 19.4. The van der Waals surface area contributed by atoms with Crippen molar-refractivity contribution in [1.29, 1.82) is 0 Å². The number of rotatable bonds is 20. The lowest BCUT2D eigenvalue weighted by Crippen LogP contribution is -2.46. The second-order valence-corrected chi connectivity index (χ2v) is 11.7. The van der Waals surface area contributed by atoms with Gasteiger partial charge in [0.15, 0.2) is 6.29 Å². The minimum atomic E-state index is -0.556. The molecule has 0 aromatic heterocycles. The van der Waals surface area contributed by atoms with Gasteiger partial charge in [-0.3, -0.25) is 0 Å². The minimum Gasteiger partial charge on any atom is -0.491 e. The van der Waals surface area contributed by atoms with Gasteiger partial charge in [-0.1, -0.05) is 26.8 Å². The molecule has 11 heteroatoms. The topological polar surface area (TPSA) is 125 Å². The summed E-state index contributed by atoms with van der Waals surface area (Å²) in [4.78, 5) is 36.7. The van der Waals surface area contributed by atoms with Crippen LogP contribution in [0.1, 0.15) is 60.7 Å². The molecule has 4 rings (SSSR count). The van der Waals surface area contributed by atoms with Crippen LogP contribution in [-0.2, 0) is 23.7 Å². The van der Waals surface area contributed by atoms with Crippen LogP contribution in [0.25, 0.3) is 0 Å². The highest BCUT2D eigenvalue weighted by Gasteiger charge is 2.38. The fourth-order valence-corrected chi connectivity index (χ4v) is 4.52. The SMILES string of the molecule is C=C(C)C(=O)OCCOCCOc1ccc(C(=O)Oc2ccc(OC(=O)c3ccc(OC(CCC)OCC4(CC)COC4)cc3)cc2)cc1. The van der Waals surface area contributed by atoms with Crippen molar-refractivity contribution in [2.45, 2.75) is 46.3 Å². The monoisotopic (exact) mass is 676 g/mol. The zero-order valence-electron chi connectivity index (χ0n) is 28.3. The summed E-state index contributed by atoms with van der Waals surface area (Å²) in [5, 5.41) is 0. The van der Waals surface area contributed by atoms with E-state index >= 15 is 0 Å². The molecule has 0 bridgehead atoms. The van der Waals surface area contributed by atoms with Gasteiger partial charge in [-0.05, 0) is 86.1 Å². The number of esters is 3. The molecule has 3 aromatic rings. The molecule has 1 heterocycles. The number of ether oxygens (including phenoxy) is 8. The molecule has 0 N–H and O–H groups in total. The zero-order chi connectivity index (χ0) is 35.1. The maximum Gasteiger partial charge on any atom is 0.343 e. The molecule has 3 aromatic carbocycles. The molecule has 0 spiro atoms. The molecule has 11 nitrogen and oxygen atoms in total. The van der Waals surface area contributed by atoms with E-state index in [-0.39, 0.29) is 37.3 Å². The summed E-state index contributed by atoms with van der Waals surface area (Å²) in [5.74, 6) is 0.188. The summed E-state index contributed by atoms with van der Waals surface area (Å²) in [7, 11) is 0. The van der Waals surface area contributed by atoms with Gasteiger partial charge in [-0.25, -0.2) is 14.4 Å². The number of hydrogen-bond donors (Lipinski definition) is 0. The first-order chi connectivity index (χ1) is 23.7. The van der Waals surface area contributed by atoms with Crippen LogP contribution in [0.5, 0.6) is 23.0 Å². The molecule has 1 fully saturated rings. The summed E-state index contributed by atoms with van der Waals surface area (Å²) in [6.07, 6.45) is 2.25. The van der Waals surface area contributed by atoms with E-state index in [1.165, 1.54) is 0 Å². The predicted octanol–water partition coefficient (Wildman–Crippen LogP) is 6.59. The van der Waals surface area contributed by atoms with Crippen LogP contribution >= 0.6 is 0 Å². The van der Waals surface area contributed by atoms with Crippen molar-refractivity contribution < 1.29 is 52.3 Å². The molecule has 1 saturated heterocycles. The fourth-order valence-electron chi connectivity index (χ4n) is 4.52. The van der Waals surface area contributed by atoms with Gasteiger partial charge < -0.3 is 37.9 Å². The Morgan fingerprint density at radius 3 is 1.78 bits per heavy atom. The molecule has 262 valence electrons.